The Hall–Kier alpha value is -0.810. The van der Waals surface area contributed by atoms with Gasteiger partial charge >= 0.3 is 6.03 Å². The molecule has 1 saturated heterocycles. The van der Waals surface area contributed by atoms with E-state index < -0.39 is 0 Å². The second-order valence-corrected chi connectivity index (χ2v) is 5.38. The zero-order valence-electron chi connectivity index (χ0n) is 12.2. The van der Waals surface area contributed by atoms with E-state index in [1.54, 1.807) is 0 Å². The highest BCUT2D eigenvalue weighted by Crippen LogP contribution is 2.29. The quantitative estimate of drug-likeness (QED) is 0.629. The van der Waals surface area contributed by atoms with Crippen LogP contribution < -0.4 is 10.6 Å². The van der Waals surface area contributed by atoms with Gasteiger partial charge in [0.25, 0.3) is 0 Å². The molecule has 1 aliphatic rings. The predicted molar refractivity (Wildman–Crippen MR) is 75.1 cm³/mol. The Morgan fingerprint density at radius 2 is 2.11 bits per heavy atom. The third-order valence-corrected chi connectivity index (χ3v) is 4.28. The lowest BCUT2D eigenvalue weighted by Crippen LogP contribution is -2.44. The van der Waals surface area contributed by atoms with Gasteiger partial charge in [0, 0.05) is 26.3 Å². The number of aliphatic hydroxyl groups is 1. The SMILES string of the molecule is CCC(CC)(CCO)CNC(=O)NC[C@@H]1CCCO1. The number of hydrogen-bond donors (Lipinski definition) is 3. The van der Waals surface area contributed by atoms with Crippen LogP contribution in [0.4, 0.5) is 4.79 Å². The van der Waals surface area contributed by atoms with Crippen LogP contribution in [0.3, 0.4) is 0 Å². The van der Waals surface area contributed by atoms with Gasteiger partial charge in [0.2, 0.25) is 0 Å². The maximum absolute atomic E-state index is 11.7. The van der Waals surface area contributed by atoms with Crippen LogP contribution in [0.5, 0.6) is 0 Å². The van der Waals surface area contributed by atoms with Gasteiger partial charge in [-0.2, -0.15) is 0 Å². The lowest BCUT2D eigenvalue weighted by molar-refractivity contribution is 0.111. The minimum Gasteiger partial charge on any atom is -0.396 e. The number of carbonyl (C=O) groups excluding carboxylic acids is 1. The van der Waals surface area contributed by atoms with Crippen LogP contribution in [-0.2, 0) is 4.74 Å². The summed E-state index contributed by atoms with van der Waals surface area (Å²) in [5.41, 5.74) is 0.00987. The van der Waals surface area contributed by atoms with Gasteiger partial charge in [-0.1, -0.05) is 13.8 Å². The highest BCUT2D eigenvalue weighted by molar-refractivity contribution is 5.73. The third-order valence-electron chi connectivity index (χ3n) is 4.28. The molecule has 1 atom stereocenters. The van der Waals surface area contributed by atoms with Gasteiger partial charge in [0.1, 0.15) is 0 Å². The van der Waals surface area contributed by atoms with Crippen LogP contribution in [0.1, 0.15) is 46.0 Å². The number of carbonyl (C=O) groups is 1. The van der Waals surface area contributed by atoms with Crippen molar-refractivity contribution in [3.05, 3.63) is 0 Å². The van der Waals surface area contributed by atoms with E-state index in [4.69, 9.17) is 9.84 Å². The van der Waals surface area contributed by atoms with Crippen molar-refractivity contribution in [3.8, 4) is 0 Å². The minimum atomic E-state index is -0.139. The Kier molecular flexibility index (Phi) is 7.16. The number of urea groups is 1. The number of nitrogens with one attached hydrogen (secondary N) is 2. The fraction of sp³-hybridized carbons (Fsp3) is 0.929. The molecule has 5 nitrogen and oxygen atoms in total. The second kappa shape index (κ2) is 8.38. The summed E-state index contributed by atoms with van der Waals surface area (Å²) in [5.74, 6) is 0. The van der Waals surface area contributed by atoms with Crippen molar-refractivity contribution in [2.45, 2.75) is 52.1 Å². The van der Waals surface area contributed by atoms with E-state index in [-0.39, 0.29) is 24.2 Å². The van der Waals surface area contributed by atoms with Crippen LogP contribution in [-0.4, -0.2) is 43.5 Å². The lowest BCUT2D eigenvalue weighted by Gasteiger charge is -2.31. The normalized spacial score (nSPS) is 19.4. The van der Waals surface area contributed by atoms with Crippen molar-refractivity contribution in [2.24, 2.45) is 5.41 Å². The van der Waals surface area contributed by atoms with Gasteiger partial charge in [-0.05, 0) is 37.5 Å². The topological polar surface area (TPSA) is 70.6 Å². The van der Waals surface area contributed by atoms with Gasteiger partial charge in [-0.15, -0.1) is 0 Å². The molecule has 19 heavy (non-hydrogen) atoms. The number of amides is 2. The van der Waals surface area contributed by atoms with Crippen molar-refractivity contribution in [1.82, 2.24) is 10.6 Å². The van der Waals surface area contributed by atoms with Crippen LogP contribution in [0.15, 0.2) is 0 Å². The second-order valence-electron chi connectivity index (χ2n) is 5.38. The molecule has 0 saturated carbocycles. The molecule has 1 aliphatic heterocycles. The molecule has 0 bridgehead atoms. The average Bonchev–Trinajstić information content (AvgIpc) is 2.94. The van der Waals surface area contributed by atoms with E-state index in [0.29, 0.717) is 13.1 Å². The molecular formula is C14H28N2O3. The van der Waals surface area contributed by atoms with E-state index in [0.717, 1.165) is 38.7 Å². The standard InChI is InChI=1S/C14H28N2O3/c1-3-14(4-2,7-8-17)11-16-13(18)15-10-12-6-5-9-19-12/h12,17H,3-11H2,1-2H3,(H2,15,16,18)/t12-/m0/s1. The average molecular weight is 272 g/mol. The summed E-state index contributed by atoms with van der Waals surface area (Å²) >= 11 is 0. The number of ether oxygens (including phenoxy) is 1. The first kappa shape index (κ1) is 16.2. The van der Waals surface area contributed by atoms with E-state index in [1.165, 1.54) is 0 Å². The Bertz CT molecular complexity index is 261. The molecule has 0 aliphatic carbocycles. The van der Waals surface area contributed by atoms with E-state index in [2.05, 4.69) is 24.5 Å². The summed E-state index contributed by atoms with van der Waals surface area (Å²) in [6.07, 6.45) is 4.92. The molecular weight excluding hydrogens is 244 g/mol. The molecule has 2 amide bonds. The van der Waals surface area contributed by atoms with E-state index in [9.17, 15) is 4.79 Å². The molecule has 112 valence electrons. The lowest BCUT2D eigenvalue weighted by atomic mass is 9.79. The first-order valence-electron chi connectivity index (χ1n) is 7.40. The summed E-state index contributed by atoms with van der Waals surface area (Å²) in [5, 5.41) is 14.9. The van der Waals surface area contributed by atoms with Crippen LogP contribution in [0.25, 0.3) is 0 Å². The van der Waals surface area contributed by atoms with Crippen molar-refractivity contribution in [3.63, 3.8) is 0 Å². The fourth-order valence-electron chi connectivity index (χ4n) is 2.52. The number of hydrogen-bond acceptors (Lipinski definition) is 3. The molecule has 0 aromatic carbocycles. The molecule has 5 heteroatoms. The Labute approximate surface area is 116 Å². The molecule has 0 unspecified atom stereocenters. The molecule has 1 fully saturated rings. The summed E-state index contributed by atoms with van der Waals surface area (Å²) in [6.45, 7) is 6.37. The van der Waals surface area contributed by atoms with Gasteiger partial charge in [-0.25, -0.2) is 4.79 Å². The summed E-state index contributed by atoms with van der Waals surface area (Å²) in [4.78, 5) is 11.7. The molecule has 0 spiro atoms. The summed E-state index contributed by atoms with van der Waals surface area (Å²) in [7, 11) is 0. The monoisotopic (exact) mass is 272 g/mol. The Morgan fingerprint density at radius 3 is 2.63 bits per heavy atom. The first-order valence-corrected chi connectivity index (χ1v) is 7.40. The molecule has 0 aromatic heterocycles. The smallest absolute Gasteiger partial charge is 0.314 e. The minimum absolute atomic E-state index is 0.00987. The van der Waals surface area contributed by atoms with Crippen LogP contribution >= 0.6 is 0 Å². The Morgan fingerprint density at radius 1 is 1.37 bits per heavy atom. The highest BCUT2D eigenvalue weighted by Gasteiger charge is 2.26. The van der Waals surface area contributed by atoms with Gasteiger partial charge < -0.3 is 20.5 Å². The maximum atomic E-state index is 11.7. The largest absolute Gasteiger partial charge is 0.396 e. The van der Waals surface area contributed by atoms with Gasteiger partial charge in [0.15, 0.2) is 0 Å². The fourth-order valence-corrected chi connectivity index (χ4v) is 2.52. The predicted octanol–water partition coefficient (Wildman–Crippen LogP) is 1.65. The molecule has 0 radical (unpaired) electrons. The third kappa shape index (κ3) is 5.37. The van der Waals surface area contributed by atoms with Crippen LogP contribution in [0.2, 0.25) is 0 Å². The molecule has 1 rings (SSSR count). The van der Waals surface area contributed by atoms with Gasteiger partial charge in [0.05, 0.1) is 6.10 Å². The molecule has 1 heterocycles. The molecule has 3 N–H and O–H groups in total. The van der Waals surface area contributed by atoms with Crippen molar-refractivity contribution < 1.29 is 14.6 Å². The van der Waals surface area contributed by atoms with E-state index >= 15 is 0 Å². The van der Waals surface area contributed by atoms with Gasteiger partial charge in [-0.3, -0.25) is 0 Å². The number of rotatable bonds is 8. The summed E-state index contributed by atoms with van der Waals surface area (Å²) in [6, 6.07) is -0.139. The zero-order valence-corrected chi connectivity index (χ0v) is 12.2. The van der Waals surface area contributed by atoms with E-state index in [1.807, 2.05) is 0 Å². The summed E-state index contributed by atoms with van der Waals surface area (Å²) < 4.78 is 5.45. The Balaban J connectivity index is 2.26. The highest BCUT2D eigenvalue weighted by atomic mass is 16.5. The first-order chi connectivity index (χ1) is 9.15. The van der Waals surface area contributed by atoms with Crippen molar-refractivity contribution in [1.29, 1.82) is 0 Å². The zero-order chi connectivity index (χ0) is 14.1. The van der Waals surface area contributed by atoms with Crippen LogP contribution in [0, 0.1) is 5.41 Å². The maximum Gasteiger partial charge on any atom is 0.314 e. The molecule has 0 aromatic rings. The van der Waals surface area contributed by atoms with Crippen molar-refractivity contribution in [2.75, 3.05) is 26.3 Å². The van der Waals surface area contributed by atoms with Crippen molar-refractivity contribution >= 4 is 6.03 Å². The number of aliphatic hydroxyl groups excluding tert-OH is 1.